The number of carbonyl (C=O) groups excluding carboxylic acids is 1. The topological polar surface area (TPSA) is 89.1 Å². The molecule has 0 aliphatic heterocycles. The van der Waals surface area contributed by atoms with Crippen molar-refractivity contribution in [2.45, 2.75) is 0 Å². The first-order chi connectivity index (χ1) is 9.95. The third kappa shape index (κ3) is 2.69. The van der Waals surface area contributed by atoms with Crippen molar-refractivity contribution < 1.29 is 13.9 Å². The van der Waals surface area contributed by atoms with Gasteiger partial charge in [0.2, 0.25) is 0 Å². The average Bonchev–Trinajstić information content (AvgIpc) is 2.49. The molecule has 21 heavy (non-hydrogen) atoms. The number of hydrogen-bond donors (Lipinski definition) is 2. The van der Waals surface area contributed by atoms with E-state index in [1.54, 1.807) is 24.3 Å². The maximum Gasteiger partial charge on any atom is 0.337 e. The van der Waals surface area contributed by atoms with Gasteiger partial charge in [0.15, 0.2) is 11.3 Å². The van der Waals surface area contributed by atoms with Gasteiger partial charge in [-0.3, -0.25) is 9.98 Å². The van der Waals surface area contributed by atoms with Crippen LogP contribution in [0.2, 0.25) is 0 Å². The normalized spacial score (nSPS) is 10.2. The second-order valence-electron chi connectivity index (χ2n) is 4.17. The highest BCUT2D eigenvalue weighted by atomic mass is 19.1. The summed E-state index contributed by atoms with van der Waals surface area (Å²) in [6.45, 7) is 0. The van der Waals surface area contributed by atoms with Crippen LogP contribution in [0.1, 0.15) is 0 Å². The van der Waals surface area contributed by atoms with E-state index in [1.165, 1.54) is 14.2 Å². The molecular weight excluding hydrogens is 279 g/mol. The number of hydrogen-bond acceptors (Lipinski definition) is 4. The fourth-order valence-electron chi connectivity index (χ4n) is 1.72. The zero-order valence-corrected chi connectivity index (χ0v) is 11.4. The number of carbonyl (C=O) groups is 1. The van der Waals surface area contributed by atoms with Crippen LogP contribution in [0, 0.1) is 11.2 Å². The van der Waals surface area contributed by atoms with Crippen LogP contribution in [0.3, 0.4) is 0 Å². The highest BCUT2D eigenvalue weighted by Gasteiger charge is 2.14. The summed E-state index contributed by atoms with van der Waals surface area (Å²) in [5.74, 6) is -0.576. The Labute approximate surface area is 118 Å². The molecule has 0 spiro atoms. The number of amides is 1. The Hall–Kier alpha value is -2.90. The molecule has 0 saturated carbocycles. The van der Waals surface area contributed by atoms with Gasteiger partial charge >= 0.3 is 11.7 Å². The van der Waals surface area contributed by atoms with Crippen molar-refractivity contribution in [2.24, 2.45) is 7.05 Å². The number of aromatic nitrogens is 2. The van der Waals surface area contributed by atoms with E-state index >= 15 is 0 Å². The summed E-state index contributed by atoms with van der Waals surface area (Å²) in [5, 5.41) is 9.78. The molecule has 8 heteroatoms. The Morgan fingerprint density at radius 3 is 2.71 bits per heavy atom. The molecule has 2 N–H and O–H groups in total. The summed E-state index contributed by atoms with van der Waals surface area (Å²) < 4.78 is 19.8. The van der Waals surface area contributed by atoms with Crippen molar-refractivity contribution in [1.82, 2.24) is 9.13 Å². The lowest BCUT2D eigenvalue weighted by atomic mass is 10.3. The molecule has 0 fully saturated rings. The number of nitrogens with one attached hydrogen (secondary N) is 2. The number of benzene rings is 1. The third-order valence-corrected chi connectivity index (χ3v) is 2.86. The van der Waals surface area contributed by atoms with Gasteiger partial charge in [-0.2, -0.15) is 0 Å². The van der Waals surface area contributed by atoms with E-state index in [0.29, 0.717) is 22.2 Å². The van der Waals surface area contributed by atoms with Gasteiger partial charge in [0.05, 0.1) is 19.0 Å². The highest BCUT2D eigenvalue weighted by Crippen LogP contribution is 2.22. The largest absolute Gasteiger partial charge is 0.495 e. The van der Waals surface area contributed by atoms with Crippen molar-refractivity contribution >= 4 is 11.7 Å². The Morgan fingerprint density at radius 2 is 2.05 bits per heavy atom. The number of halogens is 1. The maximum atomic E-state index is 13.5. The van der Waals surface area contributed by atoms with Crippen LogP contribution >= 0.6 is 0 Å². The Kier molecular flexibility index (Phi) is 3.88. The Morgan fingerprint density at radius 1 is 1.38 bits per heavy atom. The van der Waals surface area contributed by atoms with Crippen LogP contribution in [0.4, 0.5) is 14.9 Å². The van der Waals surface area contributed by atoms with Gasteiger partial charge in [0.1, 0.15) is 5.75 Å². The van der Waals surface area contributed by atoms with E-state index in [9.17, 15) is 14.0 Å². The molecule has 0 unspecified atom stereocenters. The number of para-hydroxylation sites is 2. The van der Waals surface area contributed by atoms with E-state index < -0.39 is 23.0 Å². The van der Waals surface area contributed by atoms with E-state index in [-0.39, 0.29) is 0 Å². The van der Waals surface area contributed by atoms with Gasteiger partial charge < -0.3 is 10.1 Å². The number of ether oxygens (including phenoxy) is 1. The van der Waals surface area contributed by atoms with Crippen molar-refractivity contribution in [3.63, 3.8) is 0 Å². The molecule has 1 aromatic carbocycles. The zero-order chi connectivity index (χ0) is 15.6. The van der Waals surface area contributed by atoms with Gasteiger partial charge in [0, 0.05) is 7.05 Å². The lowest BCUT2D eigenvalue weighted by molar-refractivity contribution is 0.251. The standard InChI is InChI=1S/C13H13FN4O3/c1-17-11(15)8(14)7-18(13(17)20)12(19)16-9-5-3-4-6-10(9)21-2/h3-7,15H,1-2H3,(H,16,19). The van der Waals surface area contributed by atoms with E-state index in [1.807, 2.05) is 0 Å². The molecule has 0 saturated heterocycles. The number of anilines is 1. The minimum absolute atomic E-state index is 0.343. The molecule has 7 nitrogen and oxygen atoms in total. The van der Waals surface area contributed by atoms with Crippen molar-refractivity contribution in [3.8, 4) is 5.75 Å². The number of rotatable bonds is 2. The minimum Gasteiger partial charge on any atom is -0.495 e. The van der Waals surface area contributed by atoms with Gasteiger partial charge in [-0.1, -0.05) is 12.1 Å². The molecule has 2 aromatic rings. The SMILES string of the molecule is COc1ccccc1NC(=O)n1cc(F)c(=N)n(C)c1=O. The zero-order valence-electron chi connectivity index (χ0n) is 11.4. The van der Waals surface area contributed by atoms with Crippen LogP contribution in [-0.2, 0) is 7.05 Å². The molecule has 1 aromatic heterocycles. The lowest BCUT2D eigenvalue weighted by Gasteiger charge is -2.11. The van der Waals surface area contributed by atoms with Crippen molar-refractivity contribution in [2.75, 3.05) is 12.4 Å². The molecule has 0 bridgehead atoms. The maximum absolute atomic E-state index is 13.5. The second-order valence-corrected chi connectivity index (χ2v) is 4.17. The van der Waals surface area contributed by atoms with Gasteiger partial charge in [-0.15, -0.1) is 0 Å². The Bertz CT molecular complexity index is 810. The van der Waals surface area contributed by atoms with Crippen LogP contribution in [0.5, 0.6) is 5.75 Å². The van der Waals surface area contributed by atoms with E-state index in [4.69, 9.17) is 10.1 Å². The molecule has 1 amide bonds. The number of nitrogens with zero attached hydrogens (tertiary/aromatic N) is 2. The Balaban J connectivity index is 2.42. The van der Waals surface area contributed by atoms with E-state index in [2.05, 4.69) is 5.32 Å². The second kappa shape index (κ2) is 5.61. The molecule has 0 aliphatic carbocycles. The summed E-state index contributed by atoms with van der Waals surface area (Å²) in [6.07, 6.45) is 0.676. The van der Waals surface area contributed by atoms with Crippen molar-refractivity contribution in [3.05, 3.63) is 52.3 Å². The molecule has 0 aliphatic rings. The molecular formula is C13H13FN4O3. The smallest absolute Gasteiger partial charge is 0.337 e. The first kappa shape index (κ1) is 14.5. The first-order valence-electron chi connectivity index (χ1n) is 5.93. The summed E-state index contributed by atoms with van der Waals surface area (Å²) in [6, 6.07) is 5.76. The molecule has 2 rings (SSSR count). The van der Waals surface area contributed by atoms with E-state index in [0.717, 1.165) is 4.57 Å². The monoisotopic (exact) mass is 292 g/mol. The number of methoxy groups -OCH3 is 1. The molecule has 0 radical (unpaired) electrons. The summed E-state index contributed by atoms with van der Waals surface area (Å²) in [5.41, 5.74) is -1.08. The van der Waals surface area contributed by atoms with Crippen LogP contribution < -0.4 is 21.2 Å². The average molecular weight is 292 g/mol. The van der Waals surface area contributed by atoms with Gasteiger partial charge in [0.25, 0.3) is 0 Å². The quantitative estimate of drug-likeness (QED) is 0.861. The molecule has 1 heterocycles. The lowest BCUT2D eigenvalue weighted by Crippen LogP contribution is -2.43. The fraction of sp³-hybridized carbons (Fsp3) is 0.154. The third-order valence-electron chi connectivity index (χ3n) is 2.86. The minimum atomic E-state index is -0.979. The predicted octanol–water partition coefficient (Wildman–Crippen LogP) is 0.894. The van der Waals surface area contributed by atoms with Crippen LogP contribution in [0.15, 0.2) is 35.3 Å². The summed E-state index contributed by atoms with van der Waals surface area (Å²) in [4.78, 5) is 23.9. The predicted molar refractivity (Wildman–Crippen MR) is 72.9 cm³/mol. The highest BCUT2D eigenvalue weighted by molar-refractivity contribution is 5.92. The summed E-state index contributed by atoms with van der Waals surface area (Å²) >= 11 is 0. The van der Waals surface area contributed by atoms with Crippen LogP contribution in [-0.4, -0.2) is 22.3 Å². The van der Waals surface area contributed by atoms with Crippen molar-refractivity contribution in [1.29, 1.82) is 5.41 Å². The van der Waals surface area contributed by atoms with Gasteiger partial charge in [-0.25, -0.2) is 18.5 Å². The summed E-state index contributed by atoms with van der Waals surface area (Å²) in [7, 11) is 2.65. The molecule has 110 valence electrons. The molecule has 0 atom stereocenters. The van der Waals surface area contributed by atoms with Gasteiger partial charge in [-0.05, 0) is 12.1 Å². The first-order valence-corrected chi connectivity index (χ1v) is 5.93. The fourth-order valence-corrected chi connectivity index (χ4v) is 1.72. The van der Waals surface area contributed by atoms with Crippen LogP contribution in [0.25, 0.3) is 0 Å².